The zero-order valence-electron chi connectivity index (χ0n) is 13.1. The molecule has 2 aromatic rings. The molecule has 1 unspecified atom stereocenters. The summed E-state index contributed by atoms with van der Waals surface area (Å²) < 4.78 is 6.05. The molecular formula is C18H26N2O. The topological polar surface area (TPSA) is 42.4 Å². The molecule has 2 N–H and O–H groups in total. The standard InChI is InChI=1S/C18H26N2O/c1-20(2)18(11-7-3-4-8-12-18)17(19)16-13-14-9-5-6-10-15(14)21-16/h5-6,9-10,13,17H,3-4,7-8,11-12,19H2,1-2H3. The molecule has 1 aromatic carbocycles. The highest BCUT2D eigenvalue weighted by Gasteiger charge is 2.41. The molecule has 3 rings (SSSR count). The summed E-state index contributed by atoms with van der Waals surface area (Å²) in [6, 6.07) is 10.2. The first kappa shape index (κ1) is 14.6. The average molecular weight is 286 g/mol. The van der Waals surface area contributed by atoms with Gasteiger partial charge in [-0.25, -0.2) is 0 Å². The van der Waals surface area contributed by atoms with Gasteiger partial charge in [-0.3, -0.25) is 0 Å². The Bertz CT molecular complexity index is 561. The number of nitrogens with zero attached hydrogens (tertiary/aromatic N) is 1. The fourth-order valence-corrected chi connectivity index (χ4v) is 3.80. The predicted molar refractivity (Wildman–Crippen MR) is 87.3 cm³/mol. The number of benzene rings is 1. The van der Waals surface area contributed by atoms with Crippen LogP contribution in [-0.2, 0) is 0 Å². The second-order valence-corrected chi connectivity index (χ2v) is 6.58. The molecular weight excluding hydrogens is 260 g/mol. The molecule has 1 saturated carbocycles. The Labute approximate surface area is 127 Å². The molecule has 1 aliphatic carbocycles. The predicted octanol–water partition coefficient (Wildman–Crippen LogP) is 4.09. The Morgan fingerprint density at radius 3 is 2.38 bits per heavy atom. The molecule has 3 heteroatoms. The molecule has 1 fully saturated rings. The van der Waals surface area contributed by atoms with Gasteiger partial charge in [0.05, 0.1) is 6.04 Å². The van der Waals surface area contributed by atoms with E-state index in [1.165, 1.54) is 25.7 Å². The summed E-state index contributed by atoms with van der Waals surface area (Å²) >= 11 is 0. The van der Waals surface area contributed by atoms with Crippen LogP contribution in [-0.4, -0.2) is 24.5 Å². The molecule has 21 heavy (non-hydrogen) atoms. The molecule has 0 amide bonds. The minimum Gasteiger partial charge on any atom is -0.459 e. The Balaban J connectivity index is 1.98. The Morgan fingerprint density at radius 1 is 1.10 bits per heavy atom. The van der Waals surface area contributed by atoms with E-state index in [0.29, 0.717) is 0 Å². The van der Waals surface area contributed by atoms with Crippen LogP contribution in [0.25, 0.3) is 11.0 Å². The van der Waals surface area contributed by atoms with Crippen molar-refractivity contribution in [1.82, 2.24) is 4.90 Å². The second kappa shape index (κ2) is 5.82. The maximum Gasteiger partial charge on any atom is 0.134 e. The summed E-state index contributed by atoms with van der Waals surface area (Å²) in [5.41, 5.74) is 7.66. The molecule has 1 atom stereocenters. The lowest BCUT2D eigenvalue weighted by Crippen LogP contribution is -2.52. The van der Waals surface area contributed by atoms with Crippen molar-refractivity contribution in [2.24, 2.45) is 5.73 Å². The molecule has 1 heterocycles. The number of fused-ring (bicyclic) bond motifs is 1. The van der Waals surface area contributed by atoms with E-state index in [0.717, 1.165) is 29.6 Å². The van der Waals surface area contributed by atoms with Gasteiger partial charge in [0.25, 0.3) is 0 Å². The van der Waals surface area contributed by atoms with E-state index >= 15 is 0 Å². The number of para-hydroxylation sites is 1. The summed E-state index contributed by atoms with van der Waals surface area (Å²) in [4.78, 5) is 2.33. The lowest BCUT2D eigenvalue weighted by Gasteiger charge is -2.43. The van der Waals surface area contributed by atoms with Crippen LogP contribution in [0, 0.1) is 0 Å². The van der Waals surface area contributed by atoms with Gasteiger partial charge >= 0.3 is 0 Å². The largest absolute Gasteiger partial charge is 0.459 e. The van der Waals surface area contributed by atoms with Crippen LogP contribution in [0.5, 0.6) is 0 Å². The molecule has 0 aliphatic heterocycles. The number of hydrogen-bond acceptors (Lipinski definition) is 3. The molecule has 114 valence electrons. The van der Waals surface area contributed by atoms with Gasteiger partial charge in [0, 0.05) is 10.9 Å². The maximum atomic E-state index is 6.70. The Morgan fingerprint density at radius 2 is 1.76 bits per heavy atom. The summed E-state index contributed by atoms with van der Waals surface area (Å²) in [7, 11) is 4.32. The van der Waals surface area contributed by atoms with Gasteiger partial charge in [0.2, 0.25) is 0 Å². The Hall–Kier alpha value is -1.32. The number of nitrogens with two attached hydrogens (primary N) is 1. The van der Waals surface area contributed by atoms with Crippen LogP contribution < -0.4 is 5.73 Å². The van der Waals surface area contributed by atoms with E-state index in [1.807, 2.05) is 18.2 Å². The van der Waals surface area contributed by atoms with Crippen molar-refractivity contribution in [3.8, 4) is 0 Å². The Kier molecular flexibility index (Phi) is 4.05. The third kappa shape index (κ3) is 2.60. The highest BCUT2D eigenvalue weighted by Crippen LogP contribution is 2.41. The molecule has 0 spiro atoms. The highest BCUT2D eigenvalue weighted by atomic mass is 16.3. The first-order valence-corrected chi connectivity index (χ1v) is 8.05. The van der Waals surface area contributed by atoms with Crippen LogP contribution in [0.3, 0.4) is 0 Å². The van der Waals surface area contributed by atoms with Crippen LogP contribution in [0.2, 0.25) is 0 Å². The SMILES string of the molecule is CN(C)C1(C(N)c2cc3ccccc3o2)CCCCCC1. The van der Waals surface area contributed by atoms with Gasteiger partial charge in [0.1, 0.15) is 11.3 Å². The van der Waals surface area contributed by atoms with Gasteiger partial charge < -0.3 is 15.1 Å². The van der Waals surface area contributed by atoms with Gasteiger partial charge in [-0.15, -0.1) is 0 Å². The van der Waals surface area contributed by atoms with E-state index in [9.17, 15) is 0 Å². The smallest absolute Gasteiger partial charge is 0.134 e. The van der Waals surface area contributed by atoms with Crippen molar-refractivity contribution < 1.29 is 4.42 Å². The first-order valence-electron chi connectivity index (χ1n) is 8.05. The third-order valence-electron chi connectivity index (χ3n) is 5.19. The maximum absolute atomic E-state index is 6.70. The normalized spacial score (nSPS) is 20.6. The molecule has 0 bridgehead atoms. The highest BCUT2D eigenvalue weighted by molar-refractivity contribution is 5.77. The second-order valence-electron chi connectivity index (χ2n) is 6.58. The lowest BCUT2D eigenvalue weighted by molar-refractivity contribution is 0.0885. The number of rotatable bonds is 3. The van der Waals surface area contributed by atoms with E-state index in [4.69, 9.17) is 10.2 Å². The van der Waals surface area contributed by atoms with Crippen molar-refractivity contribution in [3.63, 3.8) is 0 Å². The average Bonchev–Trinajstić information content (AvgIpc) is 2.75. The van der Waals surface area contributed by atoms with Crippen molar-refractivity contribution in [2.75, 3.05) is 14.1 Å². The first-order chi connectivity index (χ1) is 10.1. The quantitative estimate of drug-likeness (QED) is 0.864. The summed E-state index contributed by atoms with van der Waals surface area (Å²) in [5, 5.41) is 1.14. The van der Waals surface area contributed by atoms with Gasteiger partial charge in [-0.1, -0.05) is 43.9 Å². The van der Waals surface area contributed by atoms with Gasteiger partial charge in [-0.2, -0.15) is 0 Å². The zero-order valence-corrected chi connectivity index (χ0v) is 13.1. The van der Waals surface area contributed by atoms with E-state index in [-0.39, 0.29) is 11.6 Å². The van der Waals surface area contributed by atoms with Crippen LogP contribution in [0.15, 0.2) is 34.7 Å². The van der Waals surface area contributed by atoms with E-state index in [2.05, 4.69) is 31.1 Å². The third-order valence-corrected chi connectivity index (χ3v) is 5.19. The lowest BCUT2D eigenvalue weighted by atomic mass is 9.80. The molecule has 0 radical (unpaired) electrons. The molecule has 3 nitrogen and oxygen atoms in total. The van der Waals surface area contributed by atoms with E-state index < -0.39 is 0 Å². The fourth-order valence-electron chi connectivity index (χ4n) is 3.80. The molecule has 1 aromatic heterocycles. The van der Waals surface area contributed by atoms with Gasteiger partial charge in [-0.05, 0) is 39.1 Å². The zero-order chi connectivity index (χ0) is 14.9. The van der Waals surface area contributed by atoms with Crippen molar-refractivity contribution in [2.45, 2.75) is 50.1 Å². The summed E-state index contributed by atoms with van der Waals surface area (Å²) in [6.07, 6.45) is 7.46. The van der Waals surface area contributed by atoms with Crippen LogP contribution in [0.1, 0.15) is 50.3 Å². The summed E-state index contributed by atoms with van der Waals surface area (Å²) in [5.74, 6) is 0.923. The van der Waals surface area contributed by atoms with Crippen LogP contribution >= 0.6 is 0 Å². The summed E-state index contributed by atoms with van der Waals surface area (Å²) in [6.45, 7) is 0. The van der Waals surface area contributed by atoms with Gasteiger partial charge in [0.15, 0.2) is 0 Å². The number of furan rings is 1. The number of hydrogen-bond donors (Lipinski definition) is 1. The fraction of sp³-hybridized carbons (Fsp3) is 0.556. The van der Waals surface area contributed by atoms with Crippen molar-refractivity contribution in [3.05, 3.63) is 36.1 Å². The molecule has 1 aliphatic rings. The number of likely N-dealkylation sites (N-methyl/N-ethyl adjacent to an activating group) is 1. The molecule has 0 saturated heterocycles. The van der Waals surface area contributed by atoms with E-state index in [1.54, 1.807) is 0 Å². The van der Waals surface area contributed by atoms with Crippen molar-refractivity contribution >= 4 is 11.0 Å². The minimum atomic E-state index is -0.0713. The van der Waals surface area contributed by atoms with Crippen molar-refractivity contribution in [1.29, 1.82) is 0 Å². The minimum absolute atomic E-state index is 0.0182. The monoisotopic (exact) mass is 286 g/mol. The van der Waals surface area contributed by atoms with Crippen LogP contribution in [0.4, 0.5) is 0 Å².